The van der Waals surface area contributed by atoms with Gasteiger partial charge in [0.25, 0.3) is 0 Å². The van der Waals surface area contributed by atoms with E-state index < -0.39 is 0 Å². The molecule has 0 aliphatic carbocycles. The van der Waals surface area contributed by atoms with Gasteiger partial charge in [-0.05, 0) is 12.1 Å². The topological polar surface area (TPSA) is 37.8 Å². The summed E-state index contributed by atoms with van der Waals surface area (Å²) >= 11 is 1.63. The Morgan fingerprint density at radius 2 is 1.88 bits per heavy atom. The molecule has 0 unspecified atom stereocenters. The fourth-order valence-electron chi connectivity index (χ4n) is 1.23. The van der Waals surface area contributed by atoms with Crippen molar-refractivity contribution in [3.05, 3.63) is 35.6 Å². The third-order valence-corrected chi connectivity index (χ3v) is 2.96. The number of nitrogens with one attached hydrogen (secondary N) is 1. The van der Waals surface area contributed by atoms with Gasteiger partial charge in [0.2, 0.25) is 0 Å². The van der Waals surface area contributed by atoms with Gasteiger partial charge >= 0.3 is 0 Å². The smallest absolute Gasteiger partial charge is 0.187 e. The molecule has 16 heavy (non-hydrogen) atoms. The lowest BCUT2D eigenvalue weighted by Crippen LogP contribution is -2.11. The predicted octanol–water partition coefficient (Wildman–Crippen LogP) is 3.58. The van der Waals surface area contributed by atoms with Crippen molar-refractivity contribution in [1.82, 2.24) is 9.97 Å². The average molecular weight is 233 g/mol. The van der Waals surface area contributed by atoms with E-state index in [9.17, 15) is 0 Å². The summed E-state index contributed by atoms with van der Waals surface area (Å²) in [6, 6.07) is 3.86. The van der Waals surface area contributed by atoms with Crippen molar-refractivity contribution in [2.24, 2.45) is 0 Å². The molecule has 0 spiro atoms. The van der Waals surface area contributed by atoms with Crippen LogP contribution in [0.5, 0.6) is 0 Å². The van der Waals surface area contributed by atoms with E-state index >= 15 is 0 Å². The molecular weight excluding hydrogens is 218 g/mol. The van der Waals surface area contributed by atoms with Gasteiger partial charge in [0.15, 0.2) is 5.13 Å². The van der Waals surface area contributed by atoms with Crippen molar-refractivity contribution in [2.75, 3.05) is 5.32 Å². The molecule has 2 aromatic heterocycles. The van der Waals surface area contributed by atoms with Crippen molar-refractivity contribution in [1.29, 1.82) is 0 Å². The minimum absolute atomic E-state index is 0.106. The molecule has 0 saturated heterocycles. The lowest BCUT2D eigenvalue weighted by molar-refractivity contribution is 0.573. The Kier molecular flexibility index (Phi) is 2.92. The van der Waals surface area contributed by atoms with Gasteiger partial charge in [0.05, 0.1) is 5.69 Å². The number of aromatic nitrogens is 2. The molecule has 0 aliphatic heterocycles. The standard InChI is InChI=1S/C12H15N3S/c1-12(2,3)10-8-16-11(15-10)14-9-4-6-13-7-5-9/h4-8H,1-3H3,(H,13,14,15). The molecular formula is C12H15N3S. The van der Waals surface area contributed by atoms with Crippen molar-refractivity contribution in [2.45, 2.75) is 26.2 Å². The minimum atomic E-state index is 0.106. The molecule has 3 nitrogen and oxygen atoms in total. The first kappa shape index (κ1) is 11.1. The van der Waals surface area contributed by atoms with E-state index in [0.717, 1.165) is 16.5 Å². The van der Waals surface area contributed by atoms with E-state index in [2.05, 4.69) is 41.4 Å². The highest BCUT2D eigenvalue weighted by molar-refractivity contribution is 7.13. The van der Waals surface area contributed by atoms with Crippen LogP contribution in [0.15, 0.2) is 29.9 Å². The van der Waals surface area contributed by atoms with E-state index in [1.807, 2.05) is 12.1 Å². The summed E-state index contributed by atoms with van der Waals surface area (Å²) in [6.07, 6.45) is 3.53. The third kappa shape index (κ3) is 2.58. The number of thiazole rings is 1. The van der Waals surface area contributed by atoms with Gasteiger partial charge in [-0.25, -0.2) is 4.98 Å². The number of rotatable bonds is 2. The Morgan fingerprint density at radius 1 is 1.19 bits per heavy atom. The van der Waals surface area contributed by atoms with Gasteiger partial charge in [-0.2, -0.15) is 0 Å². The number of hydrogen-bond donors (Lipinski definition) is 1. The molecule has 2 aromatic rings. The minimum Gasteiger partial charge on any atom is -0.331 e. The van der Waals surface area contributed by atoms with Gasteiger partial charge in [-0.15, -0.1) is 11.3 Å². The number of hydrogen-bond acceptors (Lipinski definition) is 4. The summed E-state index contributed by atoms with van der Waals surface area (Å²) in [5.41, 5.74) is 2.24. The Labute approximate surface area is 99.6 Å². The molecule has 0 atom stereocenters. The quantitative estimate of drug-likeness (QED) is 0.861. The lowest BCUT2D eigenvalue weighted by atomic mass is 9.93. The monoisotopic (exact) mass is 233 g/mol. The summed E-state index contributed by atoms with van der Waals surface area (Å²) < 4.78 is 0. The van der Waals surface area contributed by atoms with Crippen LogP contribution in [-0.2, 0) is 5.41 Å². The molecule has 0 bridgehead atoms. The van der Waals surface area contributed by atoms with E-state index in [1.54, 1.807) is 23.7 Å². The van der Waals surface area contributed by atoms with Gasteiger partial charge in [-0.1, -0.05) is 20.8 Å². The van der Waals surface area contributed by atoms with E-state index in [4.69, 9.17) is 0 Å². The normalized spacial score (nSPS) is 11.4. The van der Waals surface area contributed by atoms with Crippen LogP contribution in [0.2, 0.25) is 0 Å². The highest BCUT2D eigenvalue weighted by atomic mass is 32.1. The maximum absolute atomic E-state index is 4.56. The van der Waals surface area contributed by atoms with Crippen LogP contribution in [0.4, 0.5) is 10.8 Å². The van der Waals surface area contributed by atoms with Crippen molar-refractivity contribution < 1.29 is 0 Å². The first-order valence-electron chi connectivity index (χ1n) is 5.19. The van der Waals surface area contributed by atoms with Crippen LogP contribution in [0.1, 0.15) is 26.5 Å². The van der Waals surface area contributed by atoms with Crippen molar-refractivity contribution in [3.8, 4) is 0 Å². The van der Waals surface area contributed by atoms with Gasteiger partial charge in [0, 0.05) is 28.9 Å². The maximum Gasteiger partial charge on any atom is 0.187 e. The van der Waals surface area contributed by atoms with Crippen LogP contribution >= 0.6 is 11.3 Å². The first-order chi connectivity index (χ1) is 7.55. The van der Waals surface area contributed by atoms with Crippen LogP contribution < -0.4 is 5.32 Å². The Bertz CT molecular complexity index is 457. The second-order valence-corrected chi connectivity index (χ2v) is 5.51. The molecule has 0 amide bonds. The van der Waals surface area contributed by atoms with Gasteiger partial charge < -0.3 is 5.32 Å². The molecule has 1 N–H and O–H groups in total. The zero-order valence-corrected chi connectivity index (χ0v) is 10.5. The summed E-state index contributed by atoms with van der Waals surface area (Å²) in [5.74, 6) is 0. The van der Waals surface area contributed by atoms with Crippen LogP contribution in [0.25, 0.3) is 0 Å². The lowest BCUT2D eigenvalue weighted by Gasteiger charge is -2.14. The van der Waals surface area contributed by atoms with Gasteiger partial charge in [0.1, 0.15) is 0 Å². The van der Waals surface area contributed by atoms with E-state index in [-0.39, 0.29) is 5.41 Å². The molecule has 0 aliphatic rings. The summed E-state index contributed by atoms with van der Waals surface area (Å²) in [4.78, 5) is 8.54. The SMILES string of the molecule is CC(C)(C)c1csc(Nc2ccncc2)n1. The Balaban J connectivity index is 2.15. The van der Waals surface area contributed by atoms with Crippen molar-refractivity contribution in [3.63, 3.8) is 0 Å². The molecule has 2 rings (SSSR count). The number of pyridine rings is 1. The molecule has 84 valence electrons. The van der Waals surface area contributed by atoms with Gasteiger partial charge in [-0.3, -0.25) is 4.98 Å². The molecule has 0 radical (unpaired) electrons. The second kappa shape index (κ2) is 4.22. The number of nitrogens with zero attached hydrogens (tertiary/aromatic N) is 2. The largest absolute Gasteiger partial charge is 0.331 e. The molecule has 4 heteroatoms. The summed E-state index contributed by atoms with van der Waals surface area (Å²) in [5, 5.41) is 6.29. The average Bonchev–Trinajstić information content (AvgIpc) is 2.67. The van der Waals surface area contributed by atoms with E-state index in [0.29, 0.717) is 0 Å². The van der Waals surface area contributed by atoms with E-state index in [1.165, 1.54) is 0 Å². The van der Waals surface area contributed by atoms with Crippen LogP contribution in [-0.4, -0.2) is 9.97 Å². The first-order valence-corrected chi connectivity index (χ1v) is 6.07. The summed E-state index contributed by atoms with van der Waals surface area (Å²) in [7, 11) is 0. The summed E-state index contributed by atoms with van der Waals surface area (Å²) in [6.45, 7) is 6.49. The Morgan fingerprint density at radius 3 is 2.44 bits per heavy atom. The molecule has 0 fully saturated rings. The number of anilines is 2. The molecule has 2 heterocycles. The zero-order valence-electron chi connectivity index (χ0n) is 9.69. The zero-order chi connectivity index (χ0) is 11.6. The fourth-order valence-corrected chi connectivity index (χ4v) is 2.19. The highest BCUT2D eigenvalue weighted by Crippen LogP contribution is 2.27. The van der Waals surface area contributed by atoms with Crippen LogP contribution in [0.3, 0.4) is 0 Å². The fraction of sp³-hybridized carbons (Fsp3) is 0.333. The highest BCUT2D eigenvalue weighted by Gasteiger charge is 2.17. The Hall–Kier alpha value is -1.42. The maximum atomic E-state index is 4.56. The van der Waals surface area contributed by atoms with Crippen molar-refractivity contribution >= 4 is 22.2 Å². The molecule has 0 aromatic carbocycles. The van der Waals surface area contributed by atoms with Crippen LogP contribution in [0, 0.1) is 0 Å². The predicted molar refractivity (Wildman–Crippen MR) is 68.3 cm³/mol. The second-order valence-electron chi connectivity index (χ2n) is 4.65. The molecule has 0 saturated carbocycles. The third-order valence-electron chi connectivity index (χ3n) is 2.20.